The Morgan fingerprint density at radius 1 is 1.44 bits per heavy atom. The van der Waals surface area contributed by atoms with Crippen LogP contribution in [0, 0.1) is 0 Å². The summed E-state index contributed by atoms with van der Waals surface area (Å²) in [5.41, 5.74) is 1.04. The average Bonchev–Trinajstić information content (AvgIpc) is 2.30. The van der Waals surface area contributed by atoms with Gasteiger partial charge in [-0.15, -0.1) is 11.8 Å². The van der Waals surface area contributed by atoms with E-state index in [1.807, 2.05) is 24.3 Å². The molecule has 5 heteroatoms. The van der Waals surface area contributed by atoms with Gasteiger partial charge >= 0.3 is 5.97 Å². The highest BCUT2D eigenvalue weighted by Gasteiger charge is 2.25. The van der Waals surface area contributed by atoms with Crippen LogP contribution in [-0.4, -0.2) is 35.2 Å². The first kappa shape index (κ1) is 11.6. The highest BCUT2D eigenvalue weighted by Crippen LogP contribution is 2.25. The van der Waals surface area contributed by atoms with Crippen LogP contribution in [0.4, 0.5) is 5.69 Å². The van der Waals surface area contributed by atoms with E-state index in [2.05, 4.69) is 4.90 Å². The van der Waals surface area contributed by atoms with Crippen molar-refractivity contribution in [3.05, 3.63) is 29.3 Å². The summed E-state index contributed by atoms with van der Waals surface area (Å²) in [4.78, 5) is 13.0. The lowest BCUT2D eigenvalue weighted by Crippen LogP contribution is -2.41. The quantitative estimate of drug-likeness (QED) is 0.883. The molecule has 1 saturated heterocycles. The number of nitrogens with zero attached hydrogens (tertiary/aromatic N) is 1. The van der Waals surface area contributed by atoms with E-state index >= 15 is 0 Å². The van der Waals surface area contributed by atoms with Crippen LogP contribution in [0.25, 0.3) is 0 Å². The second kappa shape index (κ2) is 4.97. The Balaban J connectivity index is 2.09. The van der Waals surface area contributed by atoms with Crippen molar-refractivity contribution in [1.82, 2.24) is 0 Å². The number of carbonyl (C=O) groups is 1. The lowest BCUT2D eigenvalue weighted by molar-refractivity contribution is -0.136. The summed E-state index contributed by atoms with van der Waals surface area (Å²) in [6, 6.07) is 7.51. The Morgan fingerprint density at radius 3 is 2.75 bits per heavy atom. The average molecular weight is 258 g/mol. The first-order chi connectivity index (χ1) is 7.66. The molecular formula is C11H12ClNO2S. The third-order valence-electron chi connectivity index (χ3n) is 2.53. The van der Waals surface area contributed by atoms with Gasteiger partial charge in [0.2, 0.25) is 0 Å². The van der Waals surface area contributed by atoms with Gasteiger partial charge in [-0.05, 0) is 24.3 Å². The fourth-order valence-corrected chi connectivity index (χ4v) is 2.85. The molecule has 0 amide bonds. The Morgan fingerprint density at radius 2 is 2.12 bits per heavy atom. The molecule has 0 bridgehead atoms. The van der Waals surface area contributed by atoms with E-state index in [9.17, 15) is 4.79 Å². The van der Waals surface area contributed by atoms with Gasteiger partial charge in [-0.2, -0.15) is 0 Å². The van der Waals surface area contributed by atoms with Crippen molar-refractivity contribution >= 4 is 35.0 Å². The van der Waals surface area contributed by atoms with Crippen LogP contribution in [0.1, 0.15) is 0 Å². The first-order valence-corrected chi connectivity index (χ1v) is 6.44. The number of hydrogen-bond donors (Lipinski definition) is 1. The number of aliphatic carboxylic acids is 1. The van der Waals surface area contributed by atoms with E-state index in [0.29, 0.717) is 11.6 Å². The predicted octanol–water partition coefficient (Wildman–Crippen LogP) is 2.35. The number of carboxylic acids is 1. The van der Waals surface area contributed by atoms with Crippen LogP contribution in [0.5, 0.6) is 0 Å². The molecule has 1 aliphatic heterocycles. The third-order valence-corrected chi connectivity index (χ3v) is 3.96. The molecule has 1 heterocycles. The summed E-state index contributed by atoms with van der Waals surface area (Å²) in [5.74, 6) is 0.114. The fourth-order valence-electron chi connectivity index (χ4n) is 1.69. The van der Waals surface area contributed by atoms with Gasteiger partial charge in [-0.1, -0.05) is 11.6 Å². The SMILES string of the molecule is O=C(O)C1CN(c2ccc(Cl)cc2)CCS1. The molecule has 1 aromatic rings. The van der Waals surface area contributed by atoms with Gasteiger partial charge in [0, 0.05) is 29.6 Å². The van der Waals surface area contributed by atoms with Gasteiger partial charge in [-0.3, -0.25) is 4.79 Å². The van der Waals surface area contributed by atoms with Gasteiger partial charge < -0.3 is 10.0 Å². The molecule has 0 radical (unpaired) electrons. The third kappa shape index (κ3) is 2.62. The molecule has 3 nitrogen and oxygen atoms in total. The summed E-state index contributed by atoms with van der Waals surface area (Å²) in [7, 11) is 0. The second-order valence-electron chi connectivity index (χ2n) is 3.62. The Bertz CT molecular complexity index is 382. The van der Waals surface area contributed by atoms with Gasteiger partial charge in [0.15, 0.2) is 0 Å². The molecular weight excluding hydrogens is 246 g/mol. The van der Waals surface area contributed by atoms with Crippen LogP contribution in [-0.2, 0) is 4.79 Å². The number of hydrogen-bond acceptors (Lipinski definition) is 3. The standard InChI is InChI=1S/C11H12ClNO2S/c12-8-1-3-9(4-2-8)13-5-6-16-10(7-13)11(14)15/h1-4,10H,5-7H2,(H,14,15). The number of halogens is 1. The topological polar surface area (TPSA) is 40.5 Å². The number of benzene rings is 1. The van der Waals surface area contributed by atoms with E-state index in [1.165, 1.54) is 11.8 Å². The van der Waals surface area contributed by atoms with Crippen molar-refractivity contribution in [3.8, 4) is 0 Å². The minimum absolute atomic E-state index is 0.329. The van der Waals surface area contributed by atoms with Crippen molar-refractivity contribution in [2.75, 3.05) is 23.7 Å². The molecule has 16 heavy (non-hydrogen) atoms. The van der Waals surface area contributed by atoms with E-state index < -0.39 is 5.97 Å². The number of rotatable bonds is 2. The first-order valence-electron chi connectivity index (χ1n) is 5.02. The van der Waals surface area contributed by atoms with E-state index in [1.54, 1.807) is 0 Å². The van der Waals surface area contributed by atoms with Crippen molar-refractivity contribution in [1.29, 1.82) is 0 Å². The molecule has 0 spiro atoms. The van der Waals surface area contributed by atoms with Crippen LogP contribution < -0.4 is 4.90 Å². The normalized spacial score (nSPS) is 20.8. The molecule has 1 aliphatic rings. The summed E-state index contributed by atoms with van der Waals surface area (Å²) in [6.07, 6.45) is 0. The lowest BCUT2D eigenvalue weighted by atomic mass is 10.2. The summed E-state index contributed by atoms with van der Waals surface area (Å²) < 4.78 is 0. The molecule has 86 valence electrons. The van der Waals surface area contributed by atoms with Gasteiger partial charge in [0.25, 0.3) is 0 Å². The van der Waals surface area contributed by atoms with E-state index in [0.717, 1.165) is 18.0 Å². The number of anilines is 1. The minimum Gasteiger partial charge on any atom is -0.480 e. The fraction of sp³-hybridized carbons (Fsp3) is 0.364. The predicted molar refractivity (Wildman–Crippen MR) is 67.5 cm³/mol. The zero-order valence-corrected chi connectivity index (χ0v) is 10.2. The van der Waals surface area contributed by atoms with Crippen LogP contribution in [0.3, 0.4) is 0 Å². The highest BCUT2D eigenvalue weighted by molar-refractivity contribution is 8.00. The summed E-state index contributed by atoms with van der Waals surface area (Å²) in [6.45, 7) is 1.44. The van der Waals surface area contributed by atoms with Gasteiger partial charge in [0.1, 0.15) is 5.25 Å². The Kier molecular flexibility index (Phi) is 3.61. The summed E-state index contributed by atoms with van der Waals surface area (Å²) in [5, 5.41) is 9.35. The maximum absolute atomic E-state index is 10.9. The summed E-state index contributed by atoms with van der Waals surface area (Å²) >= 11 is 7.32. The molecule has 0 aliphatic carbocycles. The molecule has 0 aromatic heterocycles. The molecule has 1 fully saturated rings. The zero-order valence-electron chi connectivity index (χ0n) is 8.60. The van der Waals surface area contributed by atoms with Crippen molar-refractivity contribution < 1.29 is 9.90 Å². The molecule has 1 unspecified atom stereocenters. The van der Waals surface area contributed by atoms with Crippen molar-refractivity contribution in [2.24, 2.45) is 0 Å². The van der Waals surface area contributed by atoms with E-state index in [-0.39, 0.29) is 5.25 Å². The number of thioether (sulfide) groups is 1. The second-order valence-corrected chi connectivity index (χ2v) is 5.37. The molecule has 1 atom stereocenters. The molecule has 1 aromatic carbocycles. The van der Waals surface area contributed by atoms with Crippen molar-refractivity contribution in [3.63, 3.8) is 0 Å². The molecule has 2 rings (SSSR count). The molecule has 0 saturated carbocycles. The highest BCUT2D eigenvalue weighted by atomic mass is 35.5. The minimum atomic E-state index is -0.733. The zero-order chi connectivity index (χ0) is 11.5. The maximum Gasteiger partial charge on any atom is 0.318 e. The maximum atomic E-state index is 10.9. The van der Waals surface area contributed by atoms with Crippen molar-refractivity contribution in [2.45, 2.75) is 5.25 Å². The lowest BCUT2D eigenvalue weighted by Gasteiger charge is -2.32. The Hall–Kier alpha value is -0.870. The van der Waals surface area contributed by atoms with Crippen LogP contribution in [0.15, 0.2) is 24.3 Å². The molecule has 1 N–H and O–H groups in total. The largest absolute Gasteiger partial charge is 0.480 e. The smallest absolute Gasteiger partial charge is 0.318 e. The van der Waals surface area contributed by atoms with Crippen LogP contribution in [0.2, 0.25) is 5.02 Å². The van der Waals surface area contributed by atoms with E-state index in [4.69, 9.17) is 16.7 Å². The number of carboxylic acid groups (broad SMARTS) is 1. The monoisotopic (exact) mass is 257 g/mol. The van der Waals surface area contributed by atoms with Gasteiger partial charge in [0.05, 0.1) is 0 Å². The van der Waals surface area contributed by atoms with Crippen LogP contribution >= 0.6 is 23.4 Å². The Labute approximate surface area is 103 Å². The van der Waals surface area contributed by atoms with Gasteiger partial charge in [-0.25, -0.2) is 0 Å².